The molecule has 0 bridgehead atoms. The fraction of sp³-hybridized carbons (Fsp3) is 0.0526. The lowest BCUT2D eigenvalue weighted by atomic mass is 10.2. The first-order valence-corrected chi connectivity index (χ1v) is 10.8. The number of amides is 2. The quantitative estimate of drug-likeness (QED) is 0.475. The van der Waals surface area contributed by atoms with Crippen LogP contribution < -0.4 is 10.9 Å². The van der Waals surface area contributed by atoms with Crippen molar-refractivity contribution < 1.29 is 9.59 Å². The monoisotopic (exact) mass is 426 g/mol. The van der Waals surface area contributed by atoms with Gasteiger partial charge in [0.1, 0.15) is 19.8 Å². The highest BCUT2D eigenvalue weighted by atomic mass is 32.1. The zero-order valence-corrected chi connectivity index (χ0v) is 17.1. The SMILES string of the molecule is Cc1nc(-c2ccccc2)sc1C(=O)NNC(=O)c1cnc(-c2cccs2)s1. The van der Waals surface area contributed by atoms with Crippen molar-refractivity contribution in [1.82, 2.24) is 20.8 Å². The number of rotatable bonds is 4. The number of aryl methyl sites for hydroxylation is 1. The number of hydrazine groups is 1. The van der Waals surface area contributed by atoms with Gasteiger partial charge in [-0.3, -0.25) is 20.4 Å². The molecule has 0 aliphatic carbocycles. The second-order valence-electron chi connectivity index (χ2n) is 5.71. The molecule has 6 nitrogen and oxygen atoms in total. The molecule has 2 N–H and O–H groups in total. The maximum atomic E-state index is 12.5. The summed E-state index contributed by atoms with van der Waals surface area (Å²) in [5.74, 6) is -0.798. The molecule has 0 aliphatic heterocycles. The molecule has 2 amide bonds. The van der Waals surface area contributed by atoms with E-state index in [1.807, 2.05) is 47.8 Å². The molecule has 9 heteroatoms. The van der Waals surface area contributed by atoms with Crippen LogP contribution >= 0.6 is 34.0 Å². The van der Waals surface area contributed by atoms with E-state index in [9.17, 15) is 9.59 Å². The van der Waals surface area contributed by atoms with Gasteiger partial charge in [0, 0.05) is 5.56 Å². The number of benzene rings is 1. The third-order valence-electron chi connectivity index (χ3n) is 3.77. The van der Waals surface area contributed by atoms with Gasteiger partial charge in [0.25, 0.3) is 11.8 Å². The zero-order chi connectivity index (χ0) is 19.5. The average molecular weight is 427 g/mol. The molecular weight excluding hydrogens is 412 g/mol. The van der Waals surface area contributed by atoms with Crippen molar-refractivity contribution in [3.05, 3.63) is 69.5 Å². The standard InChI is InChI=1S/C19H14N4O2S3/c1-11-15(28-18(21-11)12-6-3-2-4-7-12)17(25)23-22-16(24)14-10-20-19(27-14)13-8-5-9-26-13/h2-10H,1H3,(H,22,24)(H,23,25). The molecule has 4 rings (SSSR count). The van der Waals surface area contributed by atoms with Crippen LogP contribution in [-0.4, -0.2) is 21.8 Å². The summed E-state index contributed by atoms with van der Waals surface area (Å²) in [6.07, 6.45) is 1.51. The number of thiazole rings is 2. The molecule has 0 atom stereocenters. The Kier molecular flexibility index (Phi) is 5.29. The molecule has 0 saturated heterocycles. The predicted molar refractivity (Wildman–Crippen MR) is 113 cm³/mol. The minimum absolute atomic E-state index is 0.395. The van der Waals surface area contributed by atoms with Crippen LogP contribution in [0.2, 0.25) is 0 Å². The average Bonchev–Trinajstić information content (AvgIpc) is 3.46. The van der Waals surface area contributed by atoms with Crippen LogP contribution in [0, 0.1) is 6.92 Å². The van der Waals surface area contributed by atoms with Gasteiger partial charge in [-0.2, -0.15) is 0 Å². The van der Waals surface area contributed by atoms with E-state index in [1.165, 1.54) is 28.9 Å². The molecule has 3 aromatic heterocycles. The summed E-state index contributed by atoms with van der Waals surface area (Å²) in [6, 6.07) is 13.5. The molecule has 140 valence electrons. The van der Waals surface area contributed by atoms with E-state index >= 15 is 0 Å². The molecule has 3 heterocycles. The Morgan fingerprint density at radius 1 is 0.929 bits per heavy atom. The molecule has 0 saturated carbocycles. The van der Waals surface area contributed by atoms with Crippen molar-refractivity contribution >= 4 is 45.8 Å². The molecule has 0 unspecified atom stereocenters. The first-order chi connectivity index (χ1) is 13.6. The number of nitrogens with zero attached hydrogens (tertiary/aromatic N) is 2. The van der Waals surface area contributed by atoms with Crippen molar-refractivity contribution in [2.24, 2.45) is 0 Å². The molecule has 0 spiro atoms. The number of hydrogen-bond donors (Lipinski definition) is 2. The highest BCUT2D eigenvalue weighted by molar-refractivity contribution is 7.22. The molecule has 0 fully saturated rings. The van der Waals surface area contributed by atoms with Crippen LogP contribution in [-0.2, 0) is 0 Å². The van der Waals surface area contributed by atoms with Gasteiger partial charge in [-0.15, -0.1) is 34.0 Å². The Bertz CT molecular complexity index is 1120. The first-order valence-electron chi connectivity index (χ1n) is 8.25. The third-order valence-corrected chi connectivity index (χ3v) is 7.02. The number of thiophene rings is 1. The topological polar surface area (TPSA) is 84.0 Å². The maximum absolute atomic E-state index is 12.5. The number of carbonyl (C=O) groups excluding carboxylic acids is 2. The minimum Gasteiger partial charge on any atom is -0.266 e. The Morgan fingerprint density at radius 3 is 2.46 bits per heavy atom. The number of hydrogen-bond acceptors (Lipinski definition) is 7. The van der Waals surface area contributed by atoms with Crippen LogP contribution in [0.5, 0.6) is 0 Å². The van der Waals surface area contributed by atoms with Gasteiger partial charge in [-0.05, 0) is 18.4 Å². The van der Waals surface area contributed by atoms with E-state index in [-0.39, 0.29) is 0 Å². The zero-order valence-electron chi connectivity index (χ0n) is 14.6. The highest BCUT2D eigenvalue weighted by Gasteiger charge is 2.18. The van der Waals surface area contributed by atoms with Gasteiger partial charge in [-0.25, -0.2) is 9.97 Å². The van der Waals surface area contributed by atoms with Gasteiger partial charge >= 0.3 is 0 Å². The Balaban J connectivity index is 1.42. The Hall–Kier alpha value is -2.88. The summed E-state index contributed by atoms with van der Waals surface area (Å²) in [4.78, 5) is 35.4. The maximum Gasteiger partial charge on any atom is 0.281 e. The van der Waals surface area contributed by atoms with Crippen molar-refractivity contribution in [3.8, 4) is 20.5 Å². The summed E-state index contributed by atoms with van der Waals surface area (Å²) >= 11 is 4.12. The number of aromatic nitrogens is 2. The number of carbonyl (C=O) groups is 2. The fourth-order valence-corrected chi connectivity index (χ4v) is 5.02. The Morgan fingerprint density at radius 2 is 1.71 bits per heavy atom. The highest BCUT2D eigenvalue weighted by Crippen LogP contribution is 2.29. The van der Waals surface area contributed by atoms with E-state index in [1.54, 1.807) is 18.3 Å². The van der Waals surface area contributed by atoms with E-state index in [4.69, 9.17) is 0 Å². The van der Waals surface area contributed by atoms with E-state index in [0.29, 0.717) is 15.4 Å². The lowest BCUT2D eigenvalue weighted by Gasteiger charge is -2.04. The van der Waals surface area contributed by atoms with E-state index in [2.05, 4.69) is 20.8 Å². The summed E-state index contributed by atoms with van der Waals surface area (Å²) in [6.45, 7) is 1.77. The van der Waals surface area contributed by atoms with Gasteiger partial charge in [-0.1, -0.05) is 36.4 Å². The minimum atomic E-state index is -0.404. The normalized spacial score (nSPS) is 10.6. The summed E-state index contributed by atoms with van der Waals surface area (Å²) in [5, 5.41) is 3.49. The fourth-order valence-electron chi connectivity index (χ4n) is 2.44. The second kappa shape index (κ2) is 8.01. The largest absolute Gasteiger partial charge is 0.281 e. The summed E-state index contributed by atoms with van der Waals surface area (Å²) < 4.78 is 0. The van der Waals surface area contributed by atoms with Gasteiger partial charge < -0.3 is 0 Å². The van der Waals surface area contributed by atoms with Crippen LogP contribution in [0.25, 0.3) is 20.5 Å². The first kappa shape index (κ1) is 18.5. The van der Waals surface area contributed by atoms with Gasteiger partial charge in [0.05, 0.1) is 16.8 Å². The smallest absolute Gasteiger partial charge is 0.266 e. The van der Waals surface area contributed by atoms with Gasteiger partial charge in [0.2, 0.25) is 0 Å². The van der Waals surface area contributed by atoms with E-state index in [0.717, 1.165) is 20.5 Å². The third kappa shape index (κ3) is 3.86. The van der Waals surface area contributed by atoms with Crippen molar-refractivity contribution in [2.75, 3.05) is 0 Å². The van der Waals surface area contributed by atoms with Crippen molar-refractivity contribution in [2.45, 2.75) is 6.92 Å². The molecule has 0 radical (unpaired) electrons. The van der Waals surface area contributed by atoms with Crippen LogP contribution in [0.3, 0.4) is 0 Å². The lowest BCUT2D eigenvalue weighted by molar-refractivity contribution is 0.0850. The second-order valence-corrected chi connectivity index (χ2v) is 8.69. The van der Waals surface area contributed by atoms with Crippen molar-refractivity contribution in [3.63, 3.8) is 0 Å². The molecular formula is C19H14N4O2S3. The number of nitrogens with one attached hydrogen (secondary N) is 2. The van der Waals surface area contributed by atoms with Crippen molar-refractivity contribution in [1.29, 1.82) is 0 Å². The van der Waals surface area contributed by atoms with Gasteiger partial charge in [0.15, 0.2) is 0 Å². The molecule has 4 aromatic rings. The molecule has 1 aromatic carbocycles. The molecule has 28 heavy (non-hydrogen) atoms. The van der Waals surface area contributed by atoms with Crippen LogP contribution in [0.4, 0.5) is 0 Å². The summed E-state index contributed by atoms with van der Waals surface area (Å²) in [7, 11) is 0. The Labute approximate surface area is 172 Å². The van der Waals surface area contributed by atoms with Crippen LogP contribution in [0.15, 0.2) is 54.0 Å². The lowest BCUT2D eigenvalue weighted by Crippen LogP contribution is -2.41. The summed E-state index contributed by atoms with van der Waals surface area (Å²) in [5.41, 5.74) is 6.47. The predicted octanol–water partition coefficient (Wildman–Crippen LogP) is 4.38. The van der Waals surface area contributed by atoms with E-state index < -0.39 is 11.8 Å². The molecule has 0 aliphatic rings. The van der Waals surface area contributed by atoms with Crippen LogP contribution in [0.1, 0.15) is 25.0 Å².